The molecule has 2 aromatic carbocycles. The smallest absolute Gasteiger partial charge is 0.125 e. The summed E-state index contributed by atoms with van der Waals surface area (Å²) in [5.41, 5.74) is 3.82. The van der Waals surface area contributed by atoms with E-state index < -0.39 is 0 Å². The third kappa shape index (κ3) is 4.38. The molecule has 106 valence electrons. The Kier molecular flexibility index (Phi) is 6.13. The molecule has 0 unspecified atom stereocenters. The fraction of sp³-hybridized carbons (Fsp3) is 0.333. The van der Waals surface area contributed by atoms with Crippen molar-refractivity contribution in [2.75, 3.05) is 11.9 Å². The van der Waals surface area contributed by atoms with E-state index in [1.54, 1.807) is 0 Å². The average Bonchev–Trinajstić information content (AvgIpc) is 2.47. The summed E-state index contributed by atoms with van der Waals surface area (Å²) in [4.78, 5) is 0. The van der Waals surface area contributed by atoms with Crippen LogP contribution in [0.4, 0.5) is 0 Å². The molecule has 0 atom stereocenters. The van der Waals surface area contributed by atoms with Crippen LogP contribution in [-0.2, 0) is 6.42 Å². The minimum absolute atomic E-state index is 0.790. The van der Waals surface area contributed by atoms with E-state index in [4.69, 9.17) is 4.74 Å². The van der Waals surface area contributed by atoms with Crippen molar-refractivity contribution in [2.45, 2.75) is 26.2 Å². The highest BCUT2D eigenvalue weighted by Gasteiger charge is 2.07. The molecule has 0 fully saturated rings. The van der Waals surface area contributed by atoms with Gasteiger partial charge in [-0.25, -0.2) is 0 Å². The number of rotatable bonds is 7. The van der Waals surface area contributed by atoms with E-state index in [0.717, 1.165) is 36.9 Å². The van der Waals surface area contributed by atoms with E-state index in [-0.39, 0.29) is 0 Å². The minimum atomic E-state index is 0.790. The van der Waals surface area contributed by atoms with Crippen LogP contribution in [-0.4, -0.2) is 11.9 Å². The third-order valence-corrected chi connectivity index (χ3v) is 3.87. The number of ether oxygens (including phenoxy) is 1. The Labute approximate surface area is 130 Å². The molecule has 0 amide bonds. The maximum atomic E-state index is 6.02. The molecule has 0 saturated carbocycles. The van der Waals surface area contributed by atoms with Crippen LogP contribution in [0.3, 0.4) is 0 Å². The Bertz CT molecular complexity index is 522. The first-order chi connectivity index (χ1) is 9.81. The maximum Gasteiger partial charge on any atom is 0.125 e. The molecule has 20 heavy (non-hydrogen) atoms. The minimum Gasteiger partial charge on any atom is -0.493 e. The highest BCUT2D eigenvalue weighted by molar-refractivity contribution is 9.09. The van der Waals surface area contributed by atoms with Crippen molar-refractivity contribution in [1.82, 2.24) is 0 Å². The fourth-order valence-electron chi connectivity index (χ4n) is 2.25. The monoisotopic (exact) mass is 332 g/mol. The predicted molar refractivity (Wildman–Crippen MR) is 89.0 cm³/mol. The summed E-state index contributed by atoms with van der Waals surface area (Å²) in [5.74, 6) is 1.06. The molecule has 0 aliphatic rings. The largest absolute Gasteiger partial charge is 0.493 e. The molecule has 0 saturated heterocycles. The first kappa shape index (κ1) is 15.1. The second-order valence-electron chi connectivity index (χ2n) is 4.97. The Morgan fingerprint density at radius 2 is 1.75 bits per heavy atom. The van der Waals surface area contributed by atoms with Crippen LogP contribution in [0.1, 0.15) is 29.5 Å². The van der Waals surface area contributed by atoms with Crippen LogP contribution in [0.2, 0.25) is 0 Å². The predicted octanol–water partition coefficient (Wildman–Crippen LogP) is 5.14. The van der Waals surface area contributed by atoms with Crippen LogP contribution >= 0.6 is 15.9 Å². The van der Waals surface area contributed by atoms with Crippen molar-refractivity contribution in [3.05, 3.63) is 65.2 Å². The Balaban J connectivity index is 2.09. The SMILES string of the molecule is Cc1cccc(Cc2ccccc2)c1OCCCCBr. The van der Waals surface area contributed by atoms with Gasteiger partial charge in [-0.3, -0.25) is 0 Å². The summed E-state index contributed by atoms with van der Waals surface area (Å²) >= 11 is 3.45. The zero-order valence-electron chi connectivity index (χ0n) is 11.9. The van der Waals surface area contributed by atoms with Crippen LogP contribution in [0.25, 0.3) is 0 Å². The van der Waals surface area contributed by atoms with Crippen LogP contribution in [0.15, 0.2) is 48.5 Å². The van der Waals surface area contributed by atoms with E-state index in [1.807, 2.05) is 0 Å². The fourth-order valence-corrected chi connectivity index (χ4v) is 2.64. The van der Waals surface area contributed by atoms with Crippen molar-refractivity contribution < 1.29 is 4.74 Å². The quantitative estimate of drug-likeness (QED) is 0.504. The van der Waals surface area contributed by atoms with E-state index in [9.17, 15) is 0 Å². The Hall–Kier alpha value is -1.28. The molecule has 0 aliphatic heterocycles. The molecule has 0 bridgehead atoms. The van der Waals surface area contributed by atoms with Gasteiger partial charge in [0.1, 0.15) is 5.75 Å². The molecular formula is C18H21BrO. The van der Waals surface area contributed by atoms with Crippen LogP contribution in [0, 0.1) is 6.92 Å². The van der Waals surface area contributed by atoms with E-state index >= 15 is 0 Å². The van der Waals surface area contributed by atoms with E-state index in [0.29, 0.717) is 0 Å². The second kappa shape index (κ2) is 8.11. The maximum absolute atomic E-state index is 6.02. The van der Waals surface area contributed by atoms with Crippen molar-refractivity contribution in [3.63, 3.8) is 0 Å². The van der Waals surface area contributed by atoms with E-state index in [1.165, 1.54) is 16.7 Å². The van der Waals surface area contributed by atoms with Crippen molar-refractivity contribution in [1.29, 1.82) is 0 Å². The molecule has 2 rings (SSSR count). The highest BCUT2D eigenvalue weighted by Crippen LogP contribution is 2.26. The number of benzene rings is 2. The van der Waals surface area contributed by atoms with Gasteiger partial charge in [0.25, 0.3) is 0 Å². The molecule has 2 heteroatoms. The summed E-state index contributed by atoms with van der Waals surface area (Å²) in [7, 11) is 0. The number of aryl methyl sites for hydroxylation is 1. The Morgan fingerprint density at radius 1 is 0.950 bits per heavy atom. The van der Waals surface area contributed by atoms with Gasteiger partial charge in [0.2, 0.25) is 0 Å². The molecular weight excluding hydrogens is 312 g/mol. The number of hydrogen-bond donors (Lipinski definition) is 0. The van der Waals surface area contributed by atoms with Gasteiger partial charge < -0.3 is 4.74 Å². The second-order valence-corrected chi connectivity index (χ2v) is 5.76. The zero-order chi connectivity index (χ0) is 14.2. The zero-order valence-corrected chi connectivity index (χ0v) is 13.5. The molecule has 2 aromatic rings. The number of halogens is 1. The lowest BCUT2D eigenvalue weighted by Gasteiger charge is -2.14. The molecule has 0 heterocycles. The van der Waals surface area contributed by atoms with E-state index in [2.05, 4.69) is 71.4 Å². The summed E-state index contributed by atoms with van der Waals surface area (Å²) in [5, 5.41) is 1.04. The number of alkyl halides is 1. The number of hydrogen-bond acceptors (Lipinski definition) is 1. The number of para-hydroxylation sites is 1. The molecule has 0 N–H and O–H groups in total. The van der Waals surface area contributed by atoms with Crippen LogP contribution in [0.5, 0.6) is 5.75 Å². The first-order valence-corrected chi connectivity index (χ1v) is 8.24. The van der Waals surface area contributed by atoms with Gasteiger partial charge >= 0.3 is 0 Å². The first-order valence-electron chi connectivity index (χ1n) is 7.12. The summed E-state index contributed by atoms with van der Waals surface area (Å²) in [6.45, 7) is 2.91. The third-order valence-electron chi connectivity index (χ3n) is 3.31. The topological polar surface area (TPSA) is 9.23 Å². The van der Waals surface area contributed by atoms with Gasteiger partial charge in [-0.2, -0.15) is 0 Å². The molecule has 0 aromatic heterocycles. The van der Waals surface area contributed by atoms with Crippen molar-refractivity contribution >= 4 is 15.9 Å². The highest BCUT2D eigenvalue weighted by atomic mass is 79.9. The van der Waals surface area contributed by atoms with Gasteiger partial charge in [0, 0.05) is 11.8 Å². The molecule has 0 radical (unpaired) electrons. The van der Waals surface area contributed by atoms with Gasteiger partial charge in [0.15, 0.2) is 0 Å². The van der Waals surface area contributed by atoms with Crippen LogP contribution < -0.4 is 4.74 Å². The lowest BCUT2D eigenvalue weighted by molar-refractivity contribution is 0.305. The average molecular weight is 333 g/mol. The van der Waals surface area contributed by atoms with Crippen molar-refractivity contribution in [2.24, 2.45) is 0 Å². The number of unbranched alkanes of at least 4 members (excludes halogenated alkanes) is 1. The summed E-state index contributed by atoms with van der Waals surface area (Å²) < 4.78 is 6.02. The van der Waals surface area contributed by atoms with Gasteiger partial charge in [-0.15, -0.1) is 0 Å². The van der Waals surface area contributed by atoms with Gasteiger partial charge in [0.05, 0.1) is 6.61 Å². The van der Waals surface area contributed by atoms with Gasteiger partial charge in [-0.05, 0) is 36.5 Å². The normalized spacial score (nSPS) is 10.5. The lowest BCUT2D eigenvalue weighted by atomic mass is 10.0. The summed E-state index contributed by atoms with van der Waals surface area (Å²) in [6, 6.07) is 16.9. The van der Waals surface area contributed by atoms with Gasteiger partial charge in [-0.1, -0.05) is 64.5 Å². The molecule has 0 aliphatic carbocycles. The Morgan fingerprint density at radius 3 is 2.50 bits per heavy atom. The lowest BCUT2D eigenvalue weighted by Crippen LogP contribution is -2.03. The summed E-state index contributed by atoms with van der Waals surface area (Å²) in [6.07, 6.45) is 3.17. The standard InChI is InChI=1S/C18H21BrO/c1-15-8-7-11-17(14-16-9-3-2-4-10-16)18(15)20-13-6-5-12-19/h2-4,7-11H,5-6,12-14H2,1H3. The van der Waals surface area contributed by atoms with Crippen molar-refractivity contribution in [3.8, 4) is 5.75 Å². The molecule has 1 nitrogen and oxygen atoms in total. The molecule has 0 spiro atoms.